The number of rotatable bonds is 5. The third-order valence-electron chi connectivity index (χ3n) is 4.23. The number of phenols is 1. The summed E-state index contributed by atoms with van der Waals surface area (Å²) in [6.07, 6.45) is 0.294. The fraction of sp³-hybridized carbons (Fsp3) is 0.238. The van der Waals surface area contributed by atoms with Gasteiger partial charge in [-0.25, -0.2) is 4.79 Å². The van der Waals surface area contributed by atoms with Crippen molar-refractivity contribution in [3.05, 3.63) is 53.3 Å². The Bertz CT molecular complexity index is 997. The predicted octanol–water partition coefficient (Wildman–Crippen LogP) is 4.88. The molecule has 0 amide bonds. The number of furan rings is 1. The normalized spacial score (nSPS) is 10.9. The molecule has 0 saturated heterocycles. The highest BCUT2D eigenvalue weighted by molar-refractivity contribution is 6.12. The van der Waals surface area contributed by atoms with Crippen LogP contribution in [0.4, 0.5) is 0 Å². The Kier molecular flexibility index (Phi) is 4.80. The van der Waals surface area contributed by atoms with Crippen LogP contribution in [0.3, 0.4) is 0 Å². The standard InChI is InChI=1S/C21H20O5/c1-4-18(23)16-10-14(21(24)25-5-2)11-17-19(12(3)26-20(16)17)13-7-6-8-15(22)9-13/h6-11,22H,4-5H2,1-3H3. The first-order valence-electron chi connectivity index (χ1n) is 8.53. The van der Waals surface area contributed by atoms with Gasteiger partial charge in [0.05, 0.1) is 17.7 Å². The first kappa shape index (κ1) is 17.7. The fourth-order valence-corrected chi connectivity index (χ4v) is 3.07. The second kappa shape index (κ2) is 7.04. The van der Waals surface area contributed by atoms with Gasteiger partial charge >= 0.3 is 5.97 Å². The van der Waals surface area contributed by atoms with E-state index in [2.05, 4.69) is 0 Å². The monoisotopic (exact) mass is 352 g/mol. The van der Waals surface area contributed by atoms with Gasteiger partial charge in [-0.3, -0.25) is 4.79 Å². The van der Waals surface area contributed by atoms with Crippen molar-refractivity contribution in [2.45, 2.75) is 27.2 Å². The molecule has 0 aliphatic carbocycles. The number of esters is 1. The maximum absolute atomic E-state index is 12.4. The number of aryl methyl sites for hydroxylation is 1. The molecule has 0 aliphatic heterocycles. The van der Waals surface area contributed by atoms with Gasteiger partial charge in [-0.2, -0.15) is 0 Å². The van der Waals surface area contributed by atoms with Gasteiger partial charge in [-0.05, 0) is 43.7 Å². The van der Waals surface area contributed by atoms with E-state index >= 15 is 0 Å². The number of benzene rings is 2. The Balaban J connectivity index is 2.33. The number of carbonyl (C=O) groups is 2. The Morgan fingerprint density at radius 1 is 1.15 bits per heavy atom. The SMILES string of the molecule is CCOC(=O)c1cc(C(=O)CC)c2oc(C)c(-c3cccc(O)c3)c2c1. The van der Waals surface area contributed by atoms with Crippen LogP contribution < -0.4 is 0 Å². The summed E-state index contributed by atoms with van der Waals surface area (Å²) in [6.45, 7) is 5.53. The molecule has 3 rings (SSSR count). The number of carbonyl (C=O) groups excluding carboxylic acids is 2. The van der Waals surface area contributed by atoms with Crippen molar-refractivity contribution in [3.8, 4) is 16.9 Å². The molecule has 1 N–H and O–H groups in total. The van der Waals surface area contributed by atoms with Gasteiger partial charge in [-0.1, -0.05) is 19.1 Å². The molecular formula is C21H20O5. The number of fused-ring (bicyclic) bond motifs is 1. The molecule has 5 heteroatoms. The third-order valence-corrected chi connectivity index (χ3v) is 4.23. The highest BCUT2D eigenvalue weighted by atomic mass is 16.5. The maximum atomic E-state index is 12.4. The lowest BCUT2D eigenvalue weighted by Crippen LogP contribution is -2.07. The van der Waals surface area contributed by atoms with E-state index in [0.717, 1.165) is 11.1 Å². The second-order valence-corrected chi connectivity index (χ2v) is 5.98. The number of ketones is 1. The second-order valence-electron chi connectivity index (χ2n) is 5.98. The highest BCUT2D eigenvalue weighted by Crippen LogP contribution is 2.38. The minimum atomic E-state index is -0.486. The van der Waals surface area contributed by atoms with E-state index in [0.29, 0.717) is 34.3 Å². The fourth-order valence-electron chi connectivity index (χ4n) is 3.07. The highest BCUT2D eigenvalue weighted by Gasteiger charge is 2.22. The molecule has 1 aromatic heterocycles. The van der Waals surface area contributed by atoms with E-state index in [1.807, 2.05) is 6.07 Å². The van der Waals surface area contributed by atoms with Crippen molar-refractivity contribution in [3.63, 3.8) is 0 Å². The van der Waals surface area contributed by atoms with Crippen LogP contribution in [0.2, 0.25) is 0 Å². The summed E-state index contributed by atoms with van der Waals surface area (Å²) in [5, 5.41) is 10.5. The topological polar surface area (TPSA) is 76.7 Å². The first-order chi connectivity index (χ1) is 12.5. The van der Waals surface area contributed by atoms with Gasteiger partial charge in [0.15, 0.2) is 5.78 Å². The molecule has 0 unspecified atom stereocenters. The van der Waals surface area contributed by atoms with E-state index in [4.69, 9.17) is 9.15 Å². The summed E-state index contributed by atoms with van der Waals surface area (Å²) in [5.41, 5.74) is 2.60. The Morgan fingerprint density at radius 3 is 2.58 bits per heavy atom. The van der Waals surface area contributed by atoms with Crippen molar-refractivity contribution >= 4 is 22.7 Å². The first-order valence-corrected chi connectivity index (χ1v) is 8.53. The average molecular weight is 352 g/mol. The summed E-state index contributed by atoms with van der Waals surface area (Å²) < 4.78 is 11.0. The molecule has 26 heavy (non-hydrogen) atoms. The average Bonchev–Trinajstić information content (AvgIpc) is 2.96. The number of Topliss-reactive ketones (excluding diaryl/α,β-unsaturated/α-hetero) is 1. The Labute approximate surface area is 151 Å². The van der Waals surface area contributed by atoms with Crippen LogP contribution in [-0.4, -0.2) is 23.5 Å². The molecule has 0 bridgehead atoms. The summed E-state index contributed by atoms with van der Waals surface area (Å²) in [6, 6.07) is 9.98. The smallest absolute Gasteiger partial charge is 0.338 e. The maximum Gasteiger partial charge on any atom is 0.338 e. The van der Waals surface area contributed by atoms with Gasteiger partial charge in [0.25, 0.3) is 0 Å². The van der Waals surface area contributed by atoms with E-state index in [-0.39, 0.29) is 18.1 Å². The summed E-state index contributed by atoms with van der Waals surface area (Å²) in [4.78, 5) is 24.7. The van der Waals surface area contributed by atoms with E-state index in [1.54, 1.807) is 45.0 Å². The van der Waals surface area contributed by atoms with E-state index in [9.17, 15) is 14.7 Å². The molecule has 0 spiro atoms. The van der Waals surface area contributed by atoms with Gasteiger partial charge in [0.2, 0.25) is 0 Å². The zero-order valence-corrected chi connectivity index (χ0v) is 15.0. The van der Waals surface area contributed by atoms with Gasteiger partial charge < -0.3 is 14.3 Å². The minimum absolute atomic E-state index is 0.114. The van der Waals surface area contributed by atoms with Crippen molar-refractivity contribution in [1.29, 1.82) is 0 Å². The van der Waals surface area contributed by atoms with Crippen molar-refractivity contribution < 1.29 is 23.8 Å². The summed E-state index contributed by atoms with van der Waals surface area (Å²) in [7, 11) is 0. The molecule has 0 radical (unpaired) electrons. The number of aromatic hydroxyl groups is 1. The zero-order valence-electron chi connectivity index (χ0n) is 15.0. The minimum Gasteiger partial charge on any atom is -0.508 e. The molecule has 2 aromatic carbocycles. The van der Waals surface area contributed by atoms with Crippen molar-refractivity contribution in [2.75, 3.05) is 6.61 Å². The number of phenolic OH excluding ortho intramolecular Hbond substituents is 1. The van der Waals surface area contributed by atoms with Crippen LogP contribution >= 0.6 is 0 Å². The van der Waals surface area contributed by atoms with Crippen LogP contribution in [-0.2, 0) is 4.74 Å². The van der Waals surface area contributed by atoms with Crippen molar-refractivity contribution in [1.82, 2.24) is 0 Å². The van der Waals surface area contributed by atoms with Crippen LogP contribution in [0.1, 0.15) is 46.7 Å². The van der Waals surface area contributed by atoms with Crippen LogP contribution in [0.5, 0.6) is 5.75 Å². The van der Waals surface area contributed by atoms with Gasteiger partial charge in [-0.15, -0.1) is 0 Å². The summed E-state index contributed by atoms with van der Waals surface area (Å²) >= 11 is 0. The molecular weight excluding hydrogens is 332 g/mol. The number of hydrogen-bond donors (Lipinski definition) is 1. The van der Waals surface area contributed by atoms with Gasteiger partial charge in [0.1, 0.15) is 17.1 Å². The predicted molar refractivity (Wildman–Crippen MR) is 98.6 cm³/mol. The lowest BCUT2D eigenvalue weighted by molar-refractivity contribution is 0.0526. The molecule has 1 heterocycles. The Hall–Kier alpha value is -3.08. The molecule has 5 nitrogen and oxygen atoms in total. The zero-order chi connectivity index (χ0) is 18.8. The molecule has 3 aromatic rings. The van der Waals surface area contributed by atoms with E-state index < -0.39 is 5.97 Å². The third kappa shape index (κ3) is 3.08. The number of hydrogen-bond acceptors (Lipinski definition) is 5. The van der Waals surface area contributed by atoms with Crippen LogP contribution in [0, 0.1) is 6.92 Å². The molecule has 0 saturated carbocycles. The molecule has 0 aliphatic rings. The lowest BCUT2D eigenvalue weighted by Gasteiger charge is -2.07. The van der Waals surface area contributed by atoms with Gasteiger partial charge in [0, 0.05) is 17.4 Å². The van der Waals surface area contributed by atoms with Crippen LogP contribution in [0.15, 0.2) is 40.8 Å². The van der Waals surface area contributed by atoms with Crippen molar-refractivity contribution in [2.24, 2.45) is 0 Å². The largest absolute Gasteiger partial charge is 0.508 e. The molecule has 0 atom stereocenters. The quantitative estimate of drug-likeness (QED) is 0.523. The lowest BCUT2D eigenvalue weighted by atomic mass is 9.97. The summed E-state index contributed by atoms with van der Waals surface area (Å²) in [5.74, 6) is 0.136. The Morgan fingerprint density at radius 2 is 1.92 bits per heavy atom. The van der Waals surface area contributed by atoms with Crippen LogP contribution in [0.25, 0.3) is 22.1 Å². The number of ether oxygens (including phenoxy) is 1. The van der Waals surface area contributed by atoms with E-state index in [1.165, 1.54) is 6.07 Å². The molecule has 134 valence electrons. The molecule has 0 fully saturated rings.